The number of ether oxygens (including phenoxy) is 2. The molecule has 0 atom stereocenters. The van der Waals surface area contributed by atoms with Crippen molar-refractivity contribution in [3.8, 4) is 11.5 Å². The van der Waals surface area contributed by atoms with Crippen LogP contribution in [0.15, 0.2) is 71.7 Å². The van der Waals surface area contributed by atoms with E-state index < -0.39 is 5.91 Å². The Bertz CT molecular complexity index is 1170. The SMILES string of the molecule is CCOc1cccc(NC2=C(c3cccs3)C(=O)N(c3ccc(OCC(C)C)cc3)C2=O)c1. The molecule has 3 aromatic rings. The highest BCUT2D eigenvalue weighted by Crippen LogP contribution is 2.36. The van der Waals surface area contributed by atoms with Crippen molar-refractivity contribution in [3.63, 3.8) is 0 Å². The highest BCUT2D eigenvalue weighted by atomic mass is 32.1. The molecular formula is C26H26N2O4S. The predicted octanol–water partition coefficient (Wildman–Crippen LogP) is 5.58. The van der Waals surface area contributed by atoms with E-state index in [4.69, 9.17) is 9.47 Å². The first-order chi connectivity index (χ1) is 16.0. The maximum absolute atomic E-state index is 13.5. The van der Waals surface area contributed by atoms with Gasteiger partial charge in [-0.1, -0.05) is 26.0 Å². The highest BCUT2D eigenvalue weighted by Gasteiger charge is 2.40. The van der Waals surface area contributed by atoms with Crippen LogP contribution in [0.3, 0.4) is 0 Å². The molecule has 170 valence electrons. The zero-order chi connectivity index (χ0) is 23.4. The van der Waals surface area contributed by atoms with Gasteiger partial charge in [-0.05, 0) is 60.7 Å². The van der Waals surface area contributed by atoms with Gasteiger partial charge in [0.2, 0.25) is 0 Å². The summed E-state index contributed by atoms with van der Waals surface area (Å²) >= 11 is 1.42. The molecular weight excluding hydrogens is 436 g/mol. The molecule has 0 saturated heterocycles. The van der Waals surface area contributed by atoms with E-state index in [1.165, 1.54) is 16.2 Å². The lowest BCUT2D eigenvalue weighted by Crippen LogP contribution is -2.32. The number of thiophene rings is 1. The number of nitrogens with zero attached hydrogens (tertiary/aromatic N) is 1. The van der Waals surface area contributed by atoms with E-state index >= 15 is 0 Å². The lowest BCUT2D eigenvalue weighted by atomic mass is 10.2. The van der Waals surface area contributed by atoms with Gasteiger partial charge in [-0.25, -0.2) is 4.90 Å². The number of carbonyl (C=O) groups is 2. The Kier molecular flexibility index (Phi) is 6.79. The number of imide groups is 1. The van der Waals surface area contributed by atoms with Crippen molar-refractivity contribution in [2.45, 2.75) is 20.8 Å². The van der Waals surface area contributed by atoms with Crippen LogP contribution >= 0.6 is 11.3 Å². The molecule has 0 spiro atoms. The smallest absolute Gasteiger partial charge is 0.282 e. The largest absolute Gasteiger partial charge is 0.494 e. The summed E-state index contributed by atoms with van der Waals surface area (Å²) in [4.78, 5) is 28.8. The third-order valence-corrected chi connectivity index (χ3v) is 5.83. The average molecular weight is 463 g/mol. The van der Waals surface area contributed by atoms with Crippen LogP contribution in [0.2, 0.25) is 0 Å². The number of nitrogens with one attached hydrogen (secondary N) is 1. The van der Waals surface area contributed by atoms with Crippen molar-refractivity contribution in [2.75, 3.05) is 23.4 Å². The van der Waals surface area contributed by atoms with Gasteiger partial charge in [0.1, 0.15) is 17.2 Å². The first-order valence-corrected chi connectivity index (χ1v) is 11.8. The van der Waals surface area contributed by atoms with Gasteiger partial charge in [0.05, 0.1) is 24.5 Å². The molecule has 2 aromatic carbocycles. The topological polar surface area (TPSA) is 67.9 Å². The van der Waals surface area contributed by atoms with Crippen LogP contribution in [0.5, 0.6) is 11.5 Å². The van der Waals surface area contributed by atoms with E-state index in [1.54, 1.807) is 24.3 Å². The molecule has 0 saturated carbocycles. The minimum Gasteiger partial charge on any atom is -0.494 e. The van der Waals surface area contributed by atoms with Crippen LogP contribution in [0.4, 0.5) is 11.4 Å². The first kappa shape index (κ1) is 22.6. The molecule has 6 nitrogen and oxygen atoms in total. The van der Waals surface area contributed by atoms with Crippen molar-refractivity contribution in [1.29, 1.82) is 0 Å². The van der Waals surface area contributed by atoms with Gasteiger partial charge < -0.3 is 14.8 Å². The van der Waals surface area contributed by atoms with Gasteiger partial charge in [-0.3, -0.25) is 9.59 Å². The van der Waals surface area contributed by atoms with Crippen molar-refractivity contribution in [2.24, 2.45) is 5.92 Å². The summed E-state index contributed by atoms with van der Waals surface area (Å²) in [5.41, 5.74) is 1.77. The van der Waals surface area contributed by atoms with E-state index in [1.807, 2.05) is 48.7 Å². The molecule has 1 N–H and O–H groups in total. The molecule has 4 rings (SSSR count). The minimum atomic E-state index is -0.402. The van der Waals surface area contributed by atoms with Crippen LogP contribution in [0.1, 0.15) is 25.6 Å². The normalized spacial score (nSPS) is 13.8. The second-order valence-electron chi connectivity index (χ2n) is 7.96. The van der Waals surface area contributed by atoms with Crippen molar-refractivity contribution >= 4 is 40.1 Å². The average Bonchev–Trinajstić information content (AvgIpc) is 3.40. The second kappa shape index (κ2) is 9.92. The summed E-state index contributed by atoms with van der Waals surface area (Å²) in [5.74, 6) is 1.03. The Morgan fingerprint density at radius 2 is 1.73 bits per heavy atom. The van der Waals surface area contributed by atoms with Crippen LogP contribution in [0.25, 0.3) is 5.57 Å². The Morgan fingerprint density at radius 3 is 2.39 bits per heavy atom. The molecule has 2 amide bonds. The fourth-order valence-corrected chi connectivity index (χ4v) is 4.23. The summed E-state index contributed by atoms with van der Waals surface area (Å²) in [6.45, 7) is 7.20. The molecule has 7 heteroatoms. The zero-order valence-corrected chi connectivity index (χ0v) is 19.6. The number of anilines is 2. The molecule has 0 unspecified atom stereocenters. The van der Waals surface area contributed by atoms with Gasteiger partial charge in [0.25, 0.3) is 11.8 Å². The van der Waals surface area contributed by atoms with Crippen LogP contribution < -0.4 is 19.7 Å². The third kappa shape index (κ3) is 4.93. The zero-order valence-electron chi connectivity index (χ0n) is 18.8. The van der Waals surface area contributed by atoms with Gasteiger partial charge in [-0.2, -0.15) is 0 Å². The Labute approximate surface area is 197 Å². The van der Waals surface area contributed by atoms with E-state index in [2.05, 4.69) is 19.2 Å². The third-order valence-electron chi connectivity index (χ3n) is 4.94. The lowest BCUT2D eigenvalue weighted by molar-refractivity contribution is -0.120. The monoisotopic (exact) mass is 462 g/mol. The van der Waals surface area contributed by atoms with Gasteiger partial charge in [-0.15, -0.1) is 11.3 Å². The quantitative estimate of drug-likeness (QED) is 0.421. The van der Waals surface area contributed by atoms with Gasteiger partial charge in [0.15, 0.2) is 0 Å². The molecule has 1 aromatic heterocycles. The first-order valence-electron chi connectivity index (χ1n) is 10.9. The minimum absolute atomic E-state index is 0.247. The fourth-order valence-electron chi connectivity index (χ4n) is 3.46. The summed E-state index contributed by atoms with van der Waals surface area (Å²) in [5, 5.41) is 5.06. The maximum atomic E-state index is 13.5. The summed E-state index contributed by atoms with van der Waals surface area (Å²) in [6.07, 6.45) is 0. The standard InChI is InChI=1S/C26H26N2O4S/c1-4-31-21-8-5-7-18(15-21)27-24-23(22-9-6-14-33-22)25(29)28(26(24)30)19-10-12-20(13-11-19)32-16-17(2)3/h5-15,17,27H,4,16H2,1-3H3. The second-order valence-corrected chi connectivity index (χ2v) is 8.91. The lowest BCUT2D eigenvalue weighted by Gasteiger charge is -2.16. The number of benzene rings is 2. The number of carbonyl (C=O) groups excluding carboxylic acids is 2. The summed E-state index contributed by atoms with van der Waals surface area (Å²) in [7, 11) is 0. The van der Waals surface area contributed by atoms with Crippen LogP contribution in [-0.2, 0) is 9.59 Å². The Balaban J connectivity index is 1.65. The molecule has 0 fully saturated rings. The van der Waals surface area contributed by atoms with Crippen molar-refractivity contribution in [1.82, 2.24) is 0 Å². The maximum Gasteiger partial charge on any atom is 0.282 e. The van der Waals surface area contributed by atoms with E-state index in [0.717, 1.165) is 4.88 Å². The van der Waals surface area contributed by atoms with E-state index in [9.17, 15) is 9.59 Å². The van der Waals surface area contributed by atoms with Crippen LogP contribution in [0, 0.1) is 5.92 Å². The molecule has 33 heavy (non-hydrogen) atoms. The number of rotatable bonds is 9. The summed E-state index contributed by atoms with van der Waals surface area (Å²) in [6, 6.07) is 18.1. The molecule has 1 aliphatic heterocycles. The molecule has 0 radical (unpaired) electrons. The Hall–Kier alpha value is -3.58. The Morgan fingerprint density at radius 1 is 0.939 bits per heavy atom. The molecule has 0 aliphatic carbocycles. The number of hydrogen-bond acceptors (Lipinski definition) is 6. The fraction of sp³-hybridized carbons (Fsp3) is 0.231. The number of hydrogen-bond donors (Lipinski definition) is 1. The predicted molar refractivity (Wildman–Crippen MR) is 132 cm³/mol. The van der Waals surface area contributed by atoms with Crippen molar-refractivity contribution in [3.05, 3.63) is 76.6 Å². The molecule has 2 heterocycles. The highest BCUT2D eigenvalue weighted by molar-refractivity contribution is 7.11. The van der Waals surface area contributed by atoms with Crippen LogP contribution in [-0.4, -0.2) is 25.0 Å². The van der Waals surface area contributed by atoms with Crippen molar-refractivity contribution < 1.29 is 19.1 Å². The van der Waals surface area contributed by atoms with E-state index in [-0.39, 0.29) is 11.6 Å². The summed E-state index contributed by atoms with van der Waals surface area (Å²) < 4.78 is 11.3. The van der Waals surface area contributed by atoms with Gasteiger partial charge in [0, 0.05) is 16.6 Å². The molecule has 0 bridgehead atoms. The van der Waals surface area contributed by atoms with E-state index in [0.29, 0.717) is 47.6 Å². The number of amides is 2. The van der Waals surface area contributed by atoms with Gasteiger partial charge >= 0.3 is 0 Å². The molecule has 1 aliphatic rings.